The Morgan fingerprint density at radius 2 is 0.614 bits per heavy atom. The normalized spacial score (nSPS) is 13.2. The van der Waals surface area contributed by atoms with Crippen LogP contribution in [0.1, 0.15) is 0 Å². The number of aromatic nitrogens is 2. The highest BCUT2D eigenvalue weighted by atomic mass is 32.2. The average Bonchev–Trinajstić information content (AvgIpc) is 3.97. The number of ether oxygens (including phenoxy) is 4. The summed E-state index contributed by atoms with van der Waals surface area (Å²) >= 11 is 8.89. The van der Waals surface area contributed by atoms with Crippen molar-refractivity contribution < 1.29 is 71.6 Å². The maximum Gasteiger partial charge on any atom is 0.573 e. The van der Waals surface area contributed by atoms with Gasteiger partial charge in [0.15, 0.2) is 22.1 Å². The summed E-state index contributed by atoms with van der Waals surface area (Å²) in [4.78, 5) is 4.92. The number of para-hydroxylation sites is 4. The molecule has 11 aromatic rings. The number of hydrogen-bond acceptors (Lipinski definition) is 16. The Labute approximate surface area is 518 Å². The van der Waals surface area contributed by atoms with Crippen molar-refractivity contribution in [2.45, 2.75) is 25.4 Å². The molecular formula is C56H24F12N8O4S8. The second kappa shape index (κ2) is 23.1. The lowest BCUT2D eigenvalue weighted by atomic mass is 10.0. The van der Waals surface area contributed by atoms with E-state index in [1.165, 1.54) is 93.9 Å². The Morgan fingerprint density at radius 3 is 0.909 bits per heavy atom. The standard InChI is InChI=1S/2C28H12F6N4O2S4/c2*29-27(30,31)39-15-7-3-1-5-13(15)17-9-11-19(41-17)21-23-25(37-43-35-23)22(26-24(21)36-44-38-26)20-12-10-18(42-20)14-6-2-4-8-16(14)40-28(32,33)34/h2*1-12H/q-2;+2. The SMILES string of the molecule is FC(F)(F)Oc1ccccc1-c1ccc(-c2c3c(c(-c4ccc(-c5ccccc5OC(F)(F)F)s4)c4c2=N[S+]=N4)=N[S+]=N3)s1.FC(F)(F)Oc1ccccc1-c1ccc(-c2c3c(c(-c4ccc(-c5ccccc5OC(F)(F)F)s4)c4nsnc24)[N-]S[N-]3)s1. The predicted molar refractivity (Wildman–Crippen MR) is 320 cm³/mol. The van der Waals surface area contributed by atoms with Gasteiger partial charge in [-0.1, -0.05) is 48.5 Å². The minimum atomic E-state index is -4.85. The van der Waals surface area contributed by atoms with Crippen LogP contribution in [0.3, 0.4) is 0 Å². The molecule has 0 saturated carbocycles. The van der Waals surface area contributed by atoms with E-state index in [0.29, 0.717) is 106 Å². The van der Waals surface area contributed by atoms with Crippen LogP contribution in [0.4, 0.5) is 75.4 Å². The largest absolute Gasteiger partial charge is 0.647 e. The summed E-state index contributed by atoms with van der Waals surface area (Å²) in [7, 11) is 0. The summed E-state index contributed by atoms with van der Waals surface area (Å²) in [5, 5.41) is 1.04. The van der Waals surface area contributed by atoms with E-state index in [0.717, 1.165) is 47.4 Å². The number of alkyl halides is 12. The van der Waals surface area contributed by atoms with E-state index in [2.05, 4.69) is 54.7 Å². The lowest BCUT2D eigenvalue weighted by molar-refractivity contribution is -0.275. The van der Waals surface area contributed by atoms with Gasteiger partial charge in [0.2, 0.25) is 0 Å². The molecule has 0 radical (unpaired) electrons. The number of benzene rings is 6. The zero-order valence-corrected chi connectivity index (χ0v) is 49.4. The molecule has 88 heavy (non-hydrogen) atoms. The van der Waals surface area contributed by atoms with Gasteiger partial charge in [-0.15, -0.1) is 109 Å². The van der Waals surface area contributed by atoms with Gasteiger partial charge in [0.05, 0.1) is 40.4 Å². The Hall–Kier alpha value is -8.11. The molecule has 14 rings (SSSR count). The fraction of sp³-hybridized carbons (Fsp3) is 0.0714. The van der Waals surface area contributed by atoms with Gasteiger partial charge >= 0.3 is 48.9 Å². The zero-order valence-electron chi connectivity index (χ0n) is 42.9. The minimum absolute atomic E-state index is 0.277. The zero-order chi connectivity index (χ0) is 61.3. The maximum atomic E-state index is 13.0. The van der Waals surface area contributed by atoms with Crippen LogP contribution in [0.2, 0.25) is 0 Å². The van der Waals surface area contributed by atoms with E-state index in [9.17, 15) is 52.7 Å². The molecule has 444 valence electrons. The summed E-state index contributed by atoms with van der Waals surface area (Å²) in [5.41, 5.74) is 6.77. The minimum Gasteiger partial charge on any atom is -0.647 e. The van der Waals surface area contributed by atoms with Gasteiger partial charge in [-0.3, -0.25) is 0 Å². The van der Waals surface area contributed by atoms with Gasteiger partial charge < -0.3 is 40.5 Å². The molecule has 8 heterocycles. The molecule has 0 saturated heterocycles. The molecule has 3 aliphatic heterocycles. The van der Waals surface area contributed by atoms with Crippen molar-refractivity contribution in [2.24, 2.45) is 17.5 Å². The molecule has 5 aromatic heterocycles. The molecule has 6 aromatic carbocycles. The fourth-order valence-electron chi connectivity index (χ4n) is 9.45. The third-order valence-electron chi connectivity index (χ3n) is 12.8. The third-order valence-corrected chi connectivity index (χ3v) is 19.4. The van der Waals surface area contributed by atoms with Crippen molar-refractivity contribution in [2.75, 3.05) is 0 Å². The molecule has 0 aliphatic carbocycles. The van der Waals surface area contributed by atoms with Crippen molar-refractivity contribution in [1.82, 2.24) is 8.75 Å². The van der Waals surface area contributed by atoms with Crippen molar-refractivity contribution in [3.63, 3.8) is 0 Å². The quantitative estimate of drug-likeness (QED) is 0.0674. The second-order valence-corrected chi connectivity index (χ2v) is 24.6. The summed E-state index contributed by atoms with van der Waals surface area (Å²) in [5.74, 6) is -1.28. The van der Waals surface area contributed by atoms with Crippen molar-refractivity contribution in [1.29, 1.82) is 0 Å². The van der Waals surface area contributed by atoms with Gasteiger partial charge in [-0.05, 0) is 97.1 Å². The Morgan fingerprint density at radius 1 is 0.341 bits per heavy atom. The number of thiophene rings is 4. The van der Waals surface area contributed by atoms with E-state index in [1.54, 1.807) is 97.1 Å². The first-order chi connectivity index (χ1) is 42.1. The number of hydrogen-bond donors (Lipinski definition) is 0. The third kappa shape index (κ3) is 12.0. The Balaban J connectivity index is 0.000000162. The first-order valence-corrected chi connectivity index (χ1v) is 30.9. The lowest BCUT2D eigenvalue weighted by Crippen LogP contribution is -2.17. The first-order valence-electron chi connectivity index (χ1n) is 24.7. The topological polar surface area (TPSA) is 140 Å². The molecule has 0 fully saturated rings. The highest BCUT2D eigenvalue weighted by molar-refractivity contribution is 8.05. The van der Waals surface area contributed by atoms with Crippen LogP contribution in [-0.4, -0.2) is 34.2 Å². The molecule has 0 unspecified atom stereocenters. The van der Waals surface area contributed by atoms with Crippen LogP contribution in [0.25, 0.3) is 104 Å². The van der Waals surface area contributed by atoms with E-state index in [-0.39, 0.29) is 45.3 Å². The first kappa shape index (κ1) is 58.9. The molecule has 32 heteroatoms. The summed E-state index contributed by atoms with van der Waals surface area (Å²) in [6.45, 7) is 0. The van der Waals surface area contributed by atoms with Crippen LogP contribution < -0.4 is 29.7 Å². The Bertz CT molecular complexity index is 4450. The molecule has 3 aliphatic rings. The van der Waals surface area contributed by atoms with E-state index in [1.807, 2.05) is 0 Å². The van der Waals surface area contributed by atoms with Gasteiger partial charge in [0.25, 0.3) is 0 Å². The van der Waals surface area contributed by atoms with E-state index in [4.69, 9.17) is 0 Å². The molecular weight excluding hydrogens is 1330 g/mol. The highest BCUT2D eigenvalue weighted by Crippen LogP contribution is 2.64. The Kier molecular flexibility index (Phi) is 15.5. The summed E-state index contributed by atoms with van der Waals surface area (Å²) in [6, 6.07) is 37.5. The van der Waals surface area contributed by atoms with Crippen LogP contribution in [0, 0.1) is 0 Å². The summed E-state index contributed by atoms with van der Waals surface area (Å²) in [6.07, 6.45) is -19.4. The number of fused-ring (bicyclic) bond motifs is 4. The maximum absolute atomic E-state index is 13.0. The fourth-order valence-corrected chi connectivity index (χ4v) is 16.0. The average molecular weight is 1360 g/mol. The van der Waals surface area contributed by atoms with Gasteiger partial charge in [-0.2, -0.15) is 8.75 Å². The molecule has 0 amide bonds. The van der Waals surface area contributed by atoms with Crippen LogP contribution in [0.15, 0.2) is 163 Å². The van der Waals surface area contributed by atoms with E-state index < -0.39 is 25.4 Å². The van der Waals surface area contributed by atoms with Crippen molar-refractivity contribution in [3.8, 4) is 107 Å². The van der Waals surface area contributed by atoms with Crippen LogP contribution >= 0.6 is 69.2 Å². The number of nitrogens with zero attached hydrogens (tertiary/aromatic N) is 8. The van der Waals surface area contributed by atoms with Gasteiger partial charge in [-0.25, -0.2) is 0 Å². The molecule has 0 bridgehead atoms. The lowest BCUT2D eigenvalue weighted by Gasteiger charge is -2.23. The molecule has 12 nitrogen and oxygen atoms in total. The molecule has 0 spiro atoms. The van der Waals surface area contributed by atoms with Crippen molar-refractivity contribution >= 4 is 126 Å². The predicted octanol–water partition coefficient (Wildman–Crippen LogP) is 21.0. The van der Waals surface area contributed by atoms with Crippen LogP contribution in [-0.2, 0) is 23.5 Å². The van der Waals surface area contributed by atoms with Crippen molar-refractivity contribution in [3.05, 3.63) is 166 Å². The highest BCUT2D eigenvalue weighted by Gasteiger charge is 2.38. The number of rotatable bonds is 12. The van der Waals surface area contributed by atoms with Gasteiger partial charge in [0, 0.05) is 72.4 Å². The number of halogens is 12. The van der Waals surface area contributed by atoms with Crippen LogP contribution in [0.5, 0.6) is 23.0 Å². The molecule has 0 N–H and O–H groups in total. The van der Waals surface area contributed by atoms with Gasteiger partial charge in [0.1, 0.15) is 34.0 Å². The molecule has 0 atom stereocenters. The second-order valence-electron chi connectivity index (χ2n) is 18.2. The smallest absolute Gasteiger partial charge is 0.573 e. The van der Waals surface area contributed by atoms with E-state index >= 15 is 0 Å². The monoisotopic (exact) mass is 1360 g/mol. The summed E-state index contributed by atoms with van der Waals surface area (Å²) < 4.78 is 210.